The lowest BCUT2D eigenvalue weighted by Crippen LogP contribution is -2.58. The van der Waals surface area contributed by atoms with Crippen LogP contribution in [0.2, 0.25) is 0 Å². The lowest BCUT2D eigenvalue weighted by Gasteiger charge is -2.27. The van der Waals surface area contributed by atoms with E-state index in [1.165, 1.54) is 0 Å². The Hall–Kier alpha value is -2.69. The minimum absolute atomic E-state index is 0.0178. The zero-order chi connectivity index (χ0) is 25.2. The van der Waals surface area contributed by atoms with Crippen molar-refractivity contribution in [1.82, 2.24) is 16.0 Å². The maximum atomic E-state index is 12.8. The minimum Gasteiger partial charge on any atom is -0.481 e. The zero-order valence-corrected chi connectivity index (χ0v) is 19.7. The highest BCUT2D eigenvalue weighted by Gasteiger charge is 2.32. The van der Waals surface area contributed by atoms with Crippen molar-refractivity contribution in [2.45, 2.75) is 85.0 Å². The van der Waals surface area contributed by atoms with E-state index < -0.39 is 59.7 Å². The van der Waals surface area contributed by atoms with Crippen LogP contribution in [0.25, 0.3) is 0 Å². The number of hydrogen-bond donors (Lipinski definition) is 6. The molecular weight excluding hydrogens is 420 g/mol. The summed E-state index contributed by atoms with van der Waals surface area (Å²) in [6.45, 7) is 10.4. The lowest BCUT2D eigenvalue weighted by atomic mass is 9.99. The number of rotatable bonds is 14. The molecule has 0 saturated carbocycles. The number of aliphatic carboxylic acids is 2. The van der Waals surface area contributed by atoms with E-state index in [2.05, 4.69) is 16.0 Å². The smallest absolute Gasteiger partial charge is 0.326 e. The molecule has 0 aromatic carbocycles. The predicted molar refractivity (Wildman–Crippen MR) is 117 cm³/mol. The van der Waals surface area contributed by atoms with Crippen molar-refractivity contribution in [3.8, 4) is 0 Å². The first-order valence-electron chi connectivity index (χ1n) is 10.8. The Morgan fingerprint density at radius 3 is 1.69 bits per heavy atom. The first kappa shape index (κ1) is 29.3. The summed E-state index contributed by atoms with van der Waals surface area (Å²) >= 11 is 0. The number of carboxylic acids is 2. The molecule has 0 aromatic heterocycles. The van der Waals surface area contributed by atoms with Gasteiger partial charge >= 0.3 is 11.9 Å². The number of hydrogen-bond acceptors (Lipinski definition) is 6. The number of carboxylic acid groups (broad SMARTS) is 2. The SMILES string of the molecule is CC(C)CC(NC(=O)C(NC(=O)C(CCC(=O)O)NC(=O)C(N)C(C)C)C(C)C)C(=O)O. The number of amides is 3. The average molecular weight is 459 g/mol. The fourth-order valence-corrected chi connectivity index (χ4v) is 2.85. The van der Waals surface area contributed by atoms with Crippen LogP contribution in [-0.4, -0.2) is 64.0 Å². The van der Waals surface area contributed by atoms with Crippen LogP contribution in [0.15, 0.2) is 0 Å². The van der Waals surface area contributed by atoms with Gasteiger partial charge in [0.15, 0.2) is 0 Å². The molecule has 0 spiro atoms. The van der Waals surface area contributed by atoms with Gasteiger partial charge in [-0.3, -0.25) is 19.2 Å². The van der Waals surface area contributed by atoms with Gasteiger partial charge in [0.05, 0.1) is 6.04 Å². The van der Waals surface area contributed by atoms with Gasteiger partial charge < -0.3 is 31.9 Å². The molecule has 184 valence electrons. The first-order chi connectivity index (χ1) is 14.7. The molecule has 0 aliphatic rings. The maximum Gasteiger partial charge on any atom is 0.326 e. The fourth-order valence-electron chi connectivity index (χ4n) is 2.85. The van der Waals surface area contributed by atoms with Crippen LogP contribution < -0.4 is 21.7 Å². The summed E-state index contributed by atoms with van der Waals surface area (Å²) in [5, 5.41) is 25.7. The van der Waals surface area contributed by atoms with Crippen molar-refractivity contribution in [2.75, 3.05) is 0 Å². The molecule has 0 rings (SSSR count). The largest absolute Gasteiger partial charge is 0.481 e. The van der Waals surface area contributed by atoms with Crippen LogP contribution >= 0.6 is 0 Å². The molecule has 32 heavy (non-hydrogen) atoms. The van der Waals surface area contributed by atoms with Crippen molar-refractivity contribution in [2.24, 2.45) is 23.5 Å². The molecule has 0 heterocycles. The molecule has 0 fully saturated rings. The Labute approximate surface area is 188 Å². The summed E-state index contributed by atoms with van der Waals surface area (Å²) in [7, 11) is 0. The van der Waals surface area contributed by atoms with Crippen molar-refractivity contribution in [3.63, 3.8) is 0 Å². The molecule has 11 nitrogen and oxygen atoms in total. The minimum atomic E-state index is -1.22. The summed E-state index contributed by atoms with van der Waals surface area (Å²) in [6.07, 6.45) is -0.372. The van der Waals surface area contributed by atoms with Crippen LogP contribution in [0, 0.1) is 17.8 Å². The summed E-state index contributed by atoms with van der Waals surface area (Å²) in [5.41, 5.74) is 5.81. The Balaban J connectivity index is 5.49. The van der Waals surface area contributed by atoms with Crippen LogP contribution in [-0.2, 0) is 24.0 Å². The average Bonchev–Trinajstić information content (AvgIpc) is 2.66. The lowest BCUT2D eigenvalue weighted by molar-refractivity contribution is -0.143. The molecule has 0 radical (unpaired) electrons. The molecule has 4 atom stereocenters. The highest BCUT2D eigenvalue weighted by atomic mass is 16.4. The second-order valence-corrected chi connectivity index (χ2v) is 9.02. The second kappa shape index (κ2) is 13.7. The summed E-state index contributed by atoms with van der Waals surface area (Å²) in [6, 6.07) is -4.32. The van der Waals surface area contributed by atoms with E-state index in [1.807, 2.05) is 13.8 Å². The van der Waals surface area contributed by atoms with E-state index >= 15 is 0 Å². The summed E-state index contributed by atoms with van der Waals surface area (Å²) < 4.78 is 0. The van der Waals surface area contributed by atoms with E-state index in [0.717, 1.165) is 0 Å². The van der Waals surface area contributed by atoms with Crippen molar-refractivity contribution in [3.05, 3.63) is 0 Å². The quantitative estimate of drug-likeness (QED) is 0.211. The van der Waals surface area contributed by atoms with Gasteiger partial charge in [-0.05, 0) is 30.6 Å². The Morgan fingerprint density at radius 2 is 1.28 bits per heavy atom. The molecule has 0 aliphatic heterocycles. The van der Waals surface area contributed by atoms with Crippen molar-refractivity contribution in [1.29, 1.82) is 0 Å². The third-order valence-corrected chi connectivity index (χ3v) is 4.87. The van der Waals surface area contributed by atoms with Gasteiger partial charge in [-0.25, -0.2) is 4.79 Å². The molecule has 0 aromatic rings. The standard InChI is InChI=1S/C21H38N4O7/c1-10(2)9-14(21(31)32)24-20(30)17(12(5)6)25-18(28)13(7-8-15(26)27)23-19(29)16(22)11(3)4/h10-14,16-17H,7-9,22H2,1-6H3,(H,23,29)(H,24,30)(H,25,28)(H,26,27)(H,31,32). The Kier molecular flexibility index (Phi) is 12.5. The number of carbonyl (C=O) groups excluding carboxylic acids is 3. The summed E-state index contributed by atoms with van der Waals surface area (Å²) in [5.74, 6) is -4.97. The predicted octanol–water partition coefficient (Wildman–Crippen LogP) is 0.0756. The Bertz CT molecular complexity index is 679. The second-order valence-electron chi connectivity index (χ2n) is 9.02. The van der Waals surface area contributed by atoms with Gasteiger partial charge in [0, 0.05) is 6.42 Å². The third kappa shape index (κ3) is 10.6. The van der Waals surface area contributed by atoms with Crippen molar-refractivity contribution < 1.29 is 34.2 Å². The molecule has 7 N–H and O–H groups in total. The maximum absolute atomic E-state index is 12.8. The molecular formula is C21H38N4O7. The molecule has 4 unspecified atom stereocenters. The van der Waals surface area contributed by atoms with Gasteiger partial charge in [-0.1, -0.05) is 41.5 Å². The van der Waals surface area contributed by atoms with Gasteiger partial charge in [0.1, 0.15) is 18.1 Å². The summed E-state index contributed by atoms with van der Waals surface area (Å²) in [4.78, 5) is 60.3. The fraction of sp³-hybridized carbons (Fsp3) is 0.762. The molecule has 11 heteroatoms. The normalized spacial score (nSPS) is 15.1. The number of nitrogens with one attached hydrogen (secondary N) is 3. The number of carbonyl (C=O) groups is 5. The van der Waals surface area contributed by atoms with Crippen LogP contribution in [0.5, 0.6) is 0 Å². The van der Waals surface area contributed by atoms with E-state index in [4.69, 9.17) is 10.8 Å². The molecule has 0 saturated heterocycles. The van der Waals surface area contributed by atoms with Crippen LogP contribution in [0.3, 0.4) is 0 Å². The van der Waals surface area contributed by atoms with E-state index in [-0.39, 0.29) is 31.1 Å². The van der Waals surface area contributed by atoms with Gasteiger partial charge in [-0.2, -0.15) is 0 Å². The topological polar surface area (TPSA) is 188 Å². The van der Waals surface area contributed by atoms with E-state index in [0.29, 0.717) is 0 Å². The van der Waals surface area contributed by atoms with Gasteiger partial charge in [0.2, 0.25) is 17.7 Å². The zero-order valence-electron chi connectivity index (χ0n) is 19.7. The highest BCUT2D eigenvalue weighted by Crippen LogP contribution is 2.09. The van der Waals surface area contributed by atoms with E-state index in [1.54, 1.807) is 27.7 Å². The van der Waals surface area contributed by atoms with Crippen molar-refractivity contribution >= 4 is 29.7 Å². The number of nitrogens with two attached hydrogens (primary N) is 1. The van der Waals surface area contributed by atoms with Crippen LogP contribution in [0.1, 0.15) is 60.8 Å². The van der Waals surface area contributed by atoms with E-state index in [9.17, 15) is 29.1 Å². The molecule has 3 amide bonds. The first-order valence-corrected chi connectivity index (χ1v) is 10.8. The van der Waals surface area contributed by atoms with Gasteiger partial charge in [0.25, 0.3) is 0 Å². The molecule has 0 aliphatic carbocycles. The third-order valence-electron chi connectivity index (χ3n) is 4.87. The van der Waals surface area contributed by atoms with Gasteiger partial charge in [-0.15, -0.1) is 0 Å². The molecule has 0 bridgehead atoms. The monoisotopic (exact) mass is 458 g/mol. The Morgan fingerprint density at radius 1 is 0.750 bits per heavy atom. The van der Waals surface area contributed by atoms with Crippen LogP contribution in [0.4, 0.5) is 0 Å². The highest BCUT2D eigenvalue weighted by molar-refractivity contribution is 5.94.